The Labute approximate surface area is 162 Å². The number of carbonyl (C=O) groups excluding carboxylic acids is 2. The van der Waals surface area contributed by atoms with Crippen molar-refractivity contribution in [1.82, 2.24) is 10.9 Å². The lowest BCUT2D eigenvalue weighted by molar-refractivity contribution is -0.231. The molecule has 0 bridgehead atoms. The van der Waals surface area contributed by atoms with Crippen molar-refractivity contribution in [2.75, 3.05) is 0 Å². The van der Waals surface area contributed by atoms with Gasteiger partial charge in [-0.3, -0.25) is 20.4 Å². The molecule has 2 N–H and O–H groups in total. The van der Waals surface area contributed by atoms with Gasteiger partial charge in [-0.15, -0.1) is 0 Å². The minimum absolute atomic E-state index is 0.418. The first-order valence-electron chi connectivity index (χ1n) is 9.17. The summed E-state index contributed by atoms with van der Waals surface area (Å²) in [6, 6.07) is 8.54. The predicted molar refractivity (Wildman–Crippen MR) is 94.6 cm³/mol. The van der Waals surface area contributed by atoms with Crippen LogP contribution in [0.3, 0.4) is 0 Å². The Balaban J connectivity index is 1.47. The number of benzene rings is 1. The third-order valence-corrected chi connectivity index (χ3v) is 4.75. The number of ether oxygens (including phenoxy) is 5. The van der Waals surface area contributed by atoms with Crippen molar-refractivity contribution in [2.24, 2.45) is 0 Å². The first-order valence-corrected chi connectivity index (χ1v) is 9.17. The largest absolute Gasteiger partial charge is 0.342 e. The average Bonchev–Trinajstić information content (AvgIpc) is 3.13. The van der Waals surface area contributed by atoms with E-state index in [1.807, 2.05) is 0 Å². The zero-order valence-corrected chi connectivity index (χ0v) is 16.1. The molecule has 0 spiro atoms. The second-order valence-electron chi connectivity index (χ2n) is 7.90. The zero-order valence-electron chi connectivity index (χ0n) is 16.1. The van der Waals surface area contributed by atoms with Crippen molar-refractivity contribution in [3.05, 3.63) is 35.9 Å². The van der Waals surface area contributed by atoms with E-state index in [4.69, 9.17) is 23.7 Å². The van der Waals surface area contributed by atoms with E-state index in [-0.39, 0.29) is 0 Å². The third kappa shape index (κ3) is 3.63. The first-order chi connectivity index (χ1) is 13.2. The van der Waals surface area contributed by atoms with Gasteiger partial charge in [-0.1, -0.05) is 18.2 Å². The molecule has 0 aliphatic carbocycles. The number of amides is 2. The molecule has 3 aliphatic rings. The molecule has 3 aliphatic heterocycles. The Morgan fingerprint density at radius 3 is 2.14 bits per heavy atom. The summed E-state index contributed by atoms with van der Waals surface area (Å²) in [4.78, 5) is 24.9. The maximum Gasteiger partial charge on any atom is 0.270 e. The van der Waals surface area contributed by atoms with Gasteiger partial charge in [0.15, 0.2) is 24.0 Å². The average molecular weight is 392 g/mol. The SMILES string of the molecule is CC1(C)O[C@@H]2O[C@@H](C(=O)NNC(=O)c3ccccc3)[C@H]3OC(C)(C)O[C@@H]3[C@H]2O1. The standard InChI is InChI=1S/C19H24N2O7/c1-18(2)25-11-12(26-18)14-17(28-19(3,4)27-14)24-13(11)16(23)21-20-15(22)10-8-6-5-7-9-10/h5-9,11-14,17H,1-4H3,(H,20,22)(H,21,23)/t11-,12-,13+,14+,17-/m0/s1. The van der Waals surface area contributed by atoms with Gasteiger partial charge in [0.2, 0.25) is 0 Å². The number of rotatable bonds is 2. The molecule has 5 atom stereocenters. The summed E-state index contributed by atoms with van der Waals surface area (Å²) in [5.74, 6) is -2.78. The summed E-state index contributed by atoms with van der Waals surface area (Å²) in [7, 11) is 0. The van der Waals surface area contributed by atoms with Crippen LogP contribution in [0.1, 0.15) is 38.1 Å². The smallest absolute Gasteiger partial charge is 0.270 e. The third-order valence-electron chi connectivity index (χ3n) is 4.75. The van der Waals surface area contributed by atoms with Gasteiger partial charge in [-0.25, -0.2) is 0 Å². The fourth-order valence-corrected chi connectivity index (χ4v) is 3.67. The van der Waals surface area contributed by atoms with E-state index < -0.39 is 54.1 Å². The van der Waals surface area contributed by atoms with Gasteiger partial charge in [0.05, 0.1) is 0 Å². The van der Waals surface area contributed by atoms with E-state index in [2.05, 4.69) is 10.9 Å². The summed E-state index contributed by atoms with van der Waals surface area (Å²) in [5, 5.41) is 0. The fourth-order valence-electron chi connectivity index (χ4n) is 3.67. The summed E-state index contributed by atoms with van der Waals surface area (Å²) in [6.07, 6.45) is -3.60. The molecule has 1 aromatic rings. The zero-order chi connectivity index (χ0) is 20.1. The van der Waals surface area contributed by atoms with Crippen LogP contribution in [0.2, 0.25) is 0 Å². The molecular weight excluding hydrogens is 368 g/mol. The summed E-state index contributed by atoms with van der Waals surface area (Å²) in [5.41, 5.74) is 5.20. The van der Waals surface area contributed by atoms with Crippen molar-refractivity contribution >= 4 is 11.8 Å². The summed E-state index contributed by atoms with van der Waals surface area (Å²) < 4.78 is 29.3. The minimum Gasteiger partial charge on any atom is -0.342 e. The normalized spacial score (nSPS) is 34.9. The Bertz CT molecular complexity index is 767. The maximum atomic E-state index is 12.8. The topological polar surface area (TPSA) is 104 Å². The quantitative estimate of drug-likeness (QED) is 0.719. The van der Waals surface area contributed by atoms with Gasteiger partial charge in [-0.05, 0) is 39.8 Å². The molecule has 0 unspecified atom stereocenters. The van der Waals surface area contributed by atoms with E-state index in [0.29, 0.717) is 5.56 Å². The van der Waals surface area contributed by atoms with Gasteiger partial charge in [0, 0.05) is 5.56 Å². The monoisotopic (exact) mass is 392 g/mol. The van der Waals surface area contributed by atoms with Gasteiger partial charge in [0.25, 0.3) is 11.8 Å². The van der Waals surface area contributed by atoms with Gasteiger partial charge in [0.1, 0.15) is 18.3 Å². The number of hydrazine groups is 1. The van der Waals surface area contributed by atoms with Gasteiger partial charge in [-0.2, -0.15) is 0 Å². The van der Waals surface area contributed by atoms with Crippen LogP contribution in [0.4, 0.5) is 0 Å². The molecule has 3 fully saturated rings. The Morgan fingerprint density at radius 2 is 1.43 bits per heavy atom. The highest BCUT2D eigenvalue weighted by atomic mass is 16.9. The molecule has 0 aromatic heterocycles. The summed E-state index contributed by atoms with van der Waals surface area (Å²) in [6.45, 7) is 7.04. The number of fused-ring (bicyclic) bond motifs is 3. The van der Waals surface area contributed by atoms with Crippen LogP contribution in [-0.4, -0.2) is 54.1 Å². The van der Waals surface area contributed by atoms with Gasteiger partial charge >= 0.3 is 0 Å². The van der Waals surface area contributed by atoms with Gasteiger partial charge < -0.3 is 23.7 Å². The number of nitrogens with one attached hydrogen (secondary N) is 2. The Morgan fingerprint density at radius 1 is 0.821 bits per heavy atom. The van der Waals surface area contributed by atoms with Crippen LogP contribution in [0, 0.1) is 0 Å². The second-order valence-corrected chi connectivity index (χ2v) is 7.90. The molecule has 9 nitrogen and oxygen atoms in total. The molecule has 4 rings (SSSR count). The molecule has 3 saturated heterocycles. The highest BCUT2D eigenvalue weighted by Crippen LogP contribution is 2.44. The molecule has 9 heteroatoms. The molecule has 0 radical (unpaired) electrons. The van der Waals surface area contributed by atoms with Crippen LogP contribution >= 0.6 is 0 Å². The van der Waals surface area contributed by atoms with E-state index in [1.165, 1.54) is 0 Å². The van der Waals surface area contributed by atoms with E-state index >= 15 is 0 Å². The van der Waals surface area contributed by atoms with Crippen molar-refractivity contribution in [2.45, 2.75) is 70.0 Å². The lowest BCUT2D eigenvalue weighted by Crippen LogP contribution is -2.61. The number of hydrogen-bond donors (Lipinski definition) is 2. The Kier molecular flexibility index (Phi) is 4.67. The molecule has 1 aromatic carbocycles. The lowest BCUT2D eigenvalue weighted by Gasteiger charge is -2.36. The van der Waals surface area contributed by atoms with E-state index in [1.54, 1.807) is 58.0 Å². The van der Waals surface area contributed by atoms with E-state index in [9.17, 15) is 9.59 Å². The maximum absolute atomic E-state index is 12.8. The highest BCUT2D eigenvalue weighted by Gasteiger charge is 2.62. The predicted octanol–water partition coefficient (Wildman–Crippen LogP) is 0.844. The molecule has 0 saturated carbocycles. The van der Waals surface area contributed by atoms with Crippen LogP contribution in [0.5, 0.6) is 0 Å². The molecule has 28 heavy (non-hydrogen) atoms. The van der Waals surface area contributed by atoms with Crippen molar-refractivity contribution in [3.63, 3.8) is 0 Å². The molecular formula is C19H24N2O7. The number of hydrogen-bond acceptors (Lipinski definition) is 7. The second kappa shape index (κ2) is 6.78. The minimum atomic E-state index is -1.04. The van der Waals surface area contributed by atoms with Crippen LogP contribution in [0.25, 0.3) is 0 Å². The molecule has 3 heterocycles. The highest BCUT2D eigenvalue weighted by molar-refractivity contribution is 5.95. The molecule has 2 amide bonds. The lowest BCUT2D eigenvalue weighted by atomic mass is 9.98. The first kappa shape index (κ1) is 19.3. The van der Waals surface area contributed by atoms with Crippen molar-refractivity contribution in [3.8, 4) is 0 Å². The summed E-state index contributed by atoms with van der Waals surface area (Å²) >= 11 is 0. The number of carbonyl (C=O) groups is 2. The van der Waals surface area contributed by atoms with E-state index in [0.717, 1.165) is 0 Å². The van der Waals surface area contributed by atoms with Crippen LogP contribution in [0.15, 0.2) is 30.3 Å². The Hall–Kier alpha value is -2.04. The van der Waals surface area contributed by atoms with Crippen molar-refractivity contribution in [1.29, 1.82) is 0 Å². The van der Waals surface area contributed by atoms with Crippen LogP contribution < -0.4 is 10.9 Å². The van der Waals surface area contributed by atoms with Crippen LogP contribution in [-0.2, 0) is 28.5 Å². The molecule has 152 valence electrons. The fraction of sp³-hybridized carbons (Fsp3) is 0.579. The van der Waals surface area contributed by atoms with Crippen molar-refractivity contribution < 1.29 is 33.3 Å².